The van der Waals surface area contributed by atoms with Crippen molar-refractivity contribution in [1.29, 1.82) is 0 Å². The van der Waals surface area contributed by atoms with Crippen molar-refractivity contribution in [3.8, 4) is 5.75 Å². The third-order valence-electron chi connectivity index (χ3n) is 5.64. The smallest absolute Gasteiger partial charge is 0.250 e. The third kappa shape index (κ3) is 5.36. The Bertz CT molecular complexity index is 964. The average Bonchev–Trinajstić information content (AvgIpc) is 2.75. The van der Waals surface area contributed by atoms with E-state index in [-0.39, 0.29) is 29.6 Å². The first-order valence-electron chi connectivity index (χ1n) is 11.0. The summed E-state index contributed by atoms with van der Waals surface area (Å²) in [6.45, 7) is 8.05. The Labute approximate surface area is 189 Å². The molecule has 1 unspecified atom stereocenters. The molecular formula is C26H32N2O4. The van der Waals surface area contributed by atoms with Crippen molar-refractivity contribution in [2.45, 2.75) is 58.1 Å². The molecule has 0 aromatic heterocycles. The Balaban J connectivity index is 1.80. The second kappa shape index (κ2) is 9.55. The van der Waals surface area contributed by atoms with Crippen molar-refractivity contribution < 1.29 is 19.1 Å². The molecule has 0 spiro atoms. The minimum Gasteiger partial charge on any atom is -0.488 e. The van der Waals surface area contributed by atoms with Crippen LogP contribution in [-0.4, -0.2) is 36.3 Å². The van der Waals surface area contributed by atoms with Crippen LogP contribution in [0.25, 0.3) is 0 Å². The number of ketones is 1. The third-order valence-corrected chi connectivity index (χ3v) is 5.64. The van der Waals surface area contributed by atoms with Crippen molar-refractivity contribution in [2.24, 2.45) is 5.92 Å². The summed E-state index contributed by atoms with van der Waals surface area (Å²) in [7, 11) is 1.48. The number of nitrogens with zero attached hydrogens (tertiary/aromatic N) is 1. The SMILES string of the molecule is CNC(=O)[C@@H]1C(=O)C[C@@H](CC(C)c2ccc(OC(C)(C)C)cc2)C(=O)N1c1ccccc1. The standard InChI is InChI=1S/C26H32N2O4/c1-17(18-11-13-21(14-12-18)32-26(2,3)4)15-19-16-22(29)23(24(30)27-5)28(25(19)31)20-9-7-6-8-10-20/h6-14,17,19,23H,15-16H2,1-5H3,(H,27,30)/t17?,19-,23+/m1/s1. The fourth-order valence-electron chi connectivity index (χ4n) is 4.14. The van der Waals surface area contributed by atoms with Gasteiger partial charge in [-0.25, -0.2) is 0 Å². The van der Waals surface area contributed by atoms with Crippen LogP contribution in [0.2, 0.25) is 0 Å². The van der Waals surface area contributed by atoms with Crippen molar-refractivity contribution >= 4 is 23.3 Å². The van der Waals surface area contributed by atoms with Crippen LogP contribution in [0, 0.1) is 5.92 Å². The lowest BCUT2D eigenvalue weighted by molar-refractivity contribution is -0.139. The lowest BCUT2D eigenvalue weighted by Crippen LogP contribution is -2.59. The molecule has 1 aliphatic heterocycles. The molecule has 1 N–H and O–H groups in total. The number of carbonyl (C=O) groups is 3. The Morgan fingerprint density at radius 1 is 1.09 bits per heavy atom. The zero-order valence-electron chi connectivity index (χ0n) is 19.4. The summed E-state index contributed by atoms with van der Waals surface area (Å²) in [6.07, 6.45) is 0.587. The molecule has 0 bridgehead atoms. The van der Waals surface area contributed by atoms with E-state index in [9.17, 15) is 14.4 Å². The van der Waals surface area contributed by atoms with E-state index in [1.165, 1.54) is 11.9 Å². The number of likely N-dealkylation sites (N-methyl/N-ethyl adjacent to an activating group) is 1. The number of para-hydroxylation sites is 1. The van der Waals surface area contributed by atoms with Gasteiger partial charge in [0.2, 0.25) is 5.91 Å². The van der Waals surface area contributed by atoms with Crippen LogP contribution in [0.3, 0.4) is 0 Å². The molecule has 6 heteroatoms. The van der Waals surface area contributed by atoms with E-state index < -0.39 is 17.9 Å². The molecule has 2 aromatic carbocycles. The van der Waals surface area contributed by atoms with E-state index in [2.05, 4.69) is 12.2 Å². The predicted molar refractivity (Wildman–Crippen MR) is 125 cm³/mol. The first-order chi connectivity index (χ1) is 15.1. The maximum atomic E-state index is 13.5. The number of rotatable bonds is 6. The number of benzene rings is 2. The number of amides is 2. The van der Waals surface area contributed by atoms with Gasteiger partial charge in [-0.1, -0.05) is 37.3 Å². The second-order valence-electron chi connectivity index (χ2n) is 9.35. The van der Waals surface area contributed by atoms with Gasteiger partial charge in [0, 0.05) is 25.1 Å². The van der Waals surface area contributed by atoms with Crippen molar-refractivity contribution in [1.82, 2.24) is 5.32 Å². The average molecular weight is 437 g/mol. The molecule has 2 aromatic rings. The quantitative estimate of drug-likeness (QED) is 0.692. The van der Waals surface area contributed by atoms with E-state index in [4.69, 9.17) is 4.74 Å². The summed E-state index contributed by atoms with van der Waals surface area (Å²) in [5.41, 5.74) is 1.36. The molecule has 1 fully saturated rings. The summed E-state index contributed by atoms with van der Waals surface area (Å²) in [4.78, 5) is 40.2. The highest BCUT2D eigenvalue weighted by molar-refractivity contribution is 6.18. The predicted octanol–water partition coefficient (Wildman–Crippen LogP) is 4.09. The van der Waals surface area contributed by atoms with Gasteiger partial charge in [-0.3, -0.25) is 19.3 Å². The van der Waals surface area contributed by atoms with E-state index in [0.717, 1.165) is 11.3 Å². The molecule has 0 radical (unpaired) electrons. The molecule has 6 nitrogen and oxygen atoms in total. The highest BCUT2D eigenvalue weighted by Crippen LogP contribution is 2.34. The van der Waals surface area contributed by atoms with Crippen LogP contribution in [0.4, 0.5) is 5.69 Å². The topological polar surface area (TPSA) is 75.7 Å². The zero-order valence-corrected chi connectivity index (χ0v) is 19.4. The van der Waals surface area contributed by atoms with Crippen molar-refractivity contribution in [3.63, 3.8) is 0 Å². The molecule has 32 heavy (non-hydrogen) atoms. The lowest BCUT2D eigenvalue weighted by Gasteiger charge is -2.38. The van der Waals surface area contributed by atoms with Gasteiger partial charge < -0.3 is 10.1 Å². The van der Waals surface area contributed by atoms with Crippen molar-refractivity contribution in [2.75, 3.05) is 11.9 Å². The fraction of sp³-hybridized carbons (Fsp3) is 0.423. The number of ether oxygens (including phenoxy) is 1. The Hall–Kier alpha value is -3.15. The number of hydrogen-bond donors (Lipinski definition) is 1. The molecule has 0 aliphatic carbocycles. The molecule has 1 aliphatic rings. The highest BCUT2D eigenvalue weighted by Gasteiger charge is 2.45. The largest absolute Gasteiger partial charge is 0.488 e. The van der Waals surface area contributed by atoms with Crippen LogP contribution in [0.15, 0.2) is 54.6 Å². The number of hydrogen-bond acceptors (Lipinski definition) is 4. The van der Waals surface area contributed by atoms with Gasteiger partial charge in [0.25, 0.3) is 5.91 Å². The lowest BCUT2D eigenvalue weighted by atomic mass is 9.82. The fourth-order valence-corrected chi connectivity index (χ4v) is 4.14. The zero-order chi connectivity index (χ0) is 23.5. The molecule has 3 atom stereocenters. The number of piperidine rings is 1. The Kier molecular flexibility index (Phi) is 7.02. The maximum Gasteiger partial charge on any atom is 0.250 e. The highest BCUT2D eigenvalue weighted by atomic mass is 16.5. The van der Waals surface area contributed by atoms with E-state index >= 15 is 0 Å². The van der Waals surface area contributed by atoms with Crippen molar-refractivity contribution in [3.05, 3.63) is 60.2 Å². The van der Waals surface area contributed by atoms with Crippen LogP contribution in [0.1, 0.15) is 52.0 Å². The minimum absolute atomic E-state index is 0.0645. The van der Waals surface area contributed by atoms with Gasteiger partial charge in [-0.05, 0) is 62.9 Å². The Morgan fingerprint density at radius 2 is 1.72 bits per heavy atom. The molecule has 0 saturated carbocycles. The normalized spacial score (nSPS) is 20.1. The molecule has 3 rings (SSSR count). The summed E-state index contributed by atoms with van der Waals surface area (Å²) < 4.78 is 5.88. The second-order valence-corrected chi connectivity index (χ2v) is 9.35. The molecule has 1 saturated heterocycles. The monoisotopic (exact) mass is 436 g/mol. The number of anilines is 1. The van der Waals surface area contributed by atoms with E-state index in [0.29, 0.717) is 12.1 Å². The van der Waals surface area contributed by atoms with E-state index in [1.54, 1.807) is 24.3 Å². The van der Waals surface area contributed by atoms with E-state index in [1.807, 2.05) is 51.1 Å². The van der Waals surface area contributed by atoms with Gasteiger partial charge in [0.15, 0.2) is 11.8 Å². The molecule has 170 valence electrons. The summed E-state index contributed by atoms with van der Waals surface area (Å²) in [5, 5.41) is 2.52. The first-order valence-corrected chi connectivity index (χ1v) is 11.0. The van der Waals surface area contributed by atoms with Gasteiger partial charge in [0.1, 0.15) is 11.4 Å². The van der Waals surface area contributed by atoms with Gasteiger partial charge in [-0.15, -0.1) is 0 Å². The summed E-state index contributed by atoms with van der Waals surface area (Å²) in [5.74, 6) is -0.518. The molecule has 2 amide bonds. The maximum absolute atomic E-state index is 13.5. The van der Waals surface area contributed by atoms with Crippen LogP contribution in [0.5, 0.6) is 5.75 Å². The van der Waals surface area contributed by atoms with Crippen LogP contribution in [-0.2, 0) is 14.4 Å². The Morgan fingerprint density at radius 3 is 2.28 bits per heavy atom. The van der Waals surface area contributed by atoms with Crippen LogP contribution >= 0.6 is 0 Å². The summed E-state index contributed by atoms with van der Waals surface area (Å²) in [6, 6.07) is 15.7. The van der Waals surface area contributed by atoms with Gasteiger partial charge >= 0.3 is 0 Å². The molecule has 1 heterocycles. The molecular weight excluding hydrogens is 404 g/mol. The summed E-state index contributed by atoms with van der Waals surface area (Å²) >= 11 is 0. The minimum atomic E-state index is -1.13. The first kappa shape index (κ1) is 23.5. The van der Waals surface area contributed by atoms with Gasteiger partial charge in [0.05, 0.1) is 0 Å². The number of Topliss-reactive ketones (excluding diaryl/α,β-unsaturated/α-hetero) is 1. The van der Waals surface area contributed by atoms with Crippen LogP contribution < -0.4 is 15.0 Å². The number of nitrogens with one attached hydrogen (secondary N) is 1. The van der Waals surface area contributed by atoms with Gasteiger partial charge in [-0.2, -0.15) is 0 Å². The number of carbonyl (C=O) groups excluding carboxylic acids is 3.